The third-order valence-electron chi connectivity index (χ3n) is 5.15. The molecule has 2 heterocycles. The van der Waals surface area contributed by atoms with Crippen molar-refractivity contribution in [2.24, 2.45) is 0 Å². The van der Waals surface area contributed by atoms with E-state index in [1.54, 1.807) is 23.3 Å². The minimum atomic E-state index is 0. The van der Waals surface area contributed by atoms with E-state index in [2.05, 4.69) is 85.4 Å². The Labute approximate surface area is 243 Å². The van der Waals surface area contributed by atoms with Gasteiger partial charge in [0, 0.05) is 12.4 Å². The maximum absolute atomic E-state index is 4.57. The fourth-order valence-electron chi connectivity index (χ4n) is 3.70. The Morgan fingerprint density at radius 2 is 1.44 bits per heavy atom. The number of nitrogens with zero attached hydrogens (tertiary/aromatic N) is 2. The molecule has 36 heavy (non-hydrogen) atoms. The van der Waals surface area contributed by atoms with E-state index in [-0.39, 0.29) is 30.2 Å². The largest absolute Gasteiger partial charge is 1.00 e. The van der Waals surface area contributed by atoms with Crippen LogP contribution in [0.5, 0.6) is 0 Å². The summed E-state index contributed by atoms with van der Waals surface area (Å²) >= 11 is 1.74. The standard InChI is InChI=1S/C22H19N2.C6H7.C2H6Si.2ClH.Zr/c1-2-7-16-12-17-14-18(21-8-3-5-10-23-21)15-20(19(17)13-16)22-9-4-6-11-24-22;1-6-4-2-3-5-6;1-3-2;;;/h3-6,8-15H,2,7H2,1H3;2-5H,1H3;1-2H3;2*1H;/q2*-1;;;;+2/p-2. The molecule has 6 heteroatoms. The molecule has 0 atom stereocenters. The Morgan fingerprint density at radius 1 is 0.861 bits per heavy atom. The smallest absolute Gasteiger partial charge is 0.0860 e. The summed E-state index contributed by atoms with van der Waals surface area (Å²) < 4.78 is 0. The third-order valence-corrected chi connectivity index (χ3v) is 5.15. The van der Waals surface area contributed by atoms with E-state index in [1.165, 1.54) is 27.5 Å². The van der Waals surface area contributed by atoms with Crippen molar-refractivity contribution < 1.29 is 48.1 Å². The molecule has 0 fully saturated rings. The molecule has 0 aliphatic heterocycles. The van der Waals surface area contributed by atoms with Crippen LogP contribution in [-0.2, 0) is 29.8 Å². The zero-order chi connectivity index (χ0) is 24.3. The van der Waals surface area contributed by atoms with E-state index >= 15 is 0 Å². The monoisotopic (exact) mass is 608 g/mol. The number of pyridine rings is 2. The molecule has 5 aromatic rings. The molecule has 0 saturated carbocycles. The first-order valence-electron chi connectivity index (χ1n) is 11.7. The summed E-state index contributed by atoms with van der Waals surface area (Å²) in [4.78, 5) is 9.08. The van der Waals surface area contributed by atoms with Crippen LogP contribution in [0.2, 0.25) is 13.1 Å². The Balaban J connectivity index is 0.000000458. The van der Waals surface area contributed by atoms with Crippen LogP contribution in [0.4, 0.5) is 0 Å². The zero-order valence-electron chi connectivity index (χ0n) is 21.3. The molecule has 0 amide bonds. The Morgan fingerprint density at radius 3 is 1.92 bits per heavy atom. The van der Waals surface area contributed by atoms with Crippen molar-refractivity contribution >= 4 is 16.2 Å². The summed E-state index contributed by atoms with van der Waals surface area (Å²) in [7, 11) is 0. The summed E-state index contributed by atoms with van der Waals surface area (Å²) in [6.07, 6.45) is 5.95. The van der Waals surface area contributed by atoms with Crippen LogP contribution in [0, 0.1) is 6.92 Å². The van der Waals surface area contributed by atoms with Crippen LogP contribution in [0.3, 0.4) is 0 Å². The maximum atomic E-state index is 4.57. The van der Waals surface area contributed by atoms with Gasteiger partial charge in [-0.3, -0.25) is 9.97 Å². The quantitative estimate of drug-likeness (QED) is 0.230. The van der Waals surface area contributed by atoms with Crippen LogP contribution in [0.15, 0.2) is 97.3 Å². The number of hydrogen-bond acceptors (Lipinski definition) is 2. The Hall–Kier alpha value is -1.84. The van der Waals surface area contributed by atoms with Crippen LogP contribution < -0.4 is 24.8 Å². The summed E-state index contributed by atoms with van der Waals surface area (Å²) in [5, 5.41) is 2.54. The molecule has 0 saturated heterocycles. The molecule has 2 nitrogen and oxygen atoms in total. The molecule has 5 rings (SSSR count). The van der Waals surface area contributed by atoms with Gasteiger partial charge in [-0.25, -0.2) is 12.1 Å². The fourth-order valence-corrected chi connectivity index (χ4v) is 3.70. The number of aryl methyl sites for hydroxylation is 2. The number of hydrogen-bond donors (Lipinski definition) is 0. The molecule has 0 bridgehead atoms. The summed E-state index contributed by atoms with van der Waals surface area (Å²) in [5.41, 5.74) is 7.26. The molecule has 0 aliphatic rings. The van der Waals surface area contributed by atoms with Gasteiger partial charge >= 0.3 is 41.9 Å². The van der Waals surface area contributed by atoms with Crippen molar-refractivity contribution in [3.8, 4) is 22.5 Å². The van der Waals surface area contributed by atoms with Gasteiger partial charge in [-0.1, -0.05) is 38.5 Å². The molecule has 0 radical (unpaired) electrons. The molecular formula is C30H32Cl2N2SiZr-2. The number of benzene rings is 1. The zero-order valence-corrected chi connectivity index (χ0v) is 26.3. The summed E-state index contributed by atoms with van der Waals surface area (Å²) in [5.74, 6) is 0. The SMILES string of the molecule is CCCc1cc2c(-c3ccccn3)cc(-c3ccccn3)cc2[cH-]1.C[Si](C)=[Zr+2].C[c-]1cccc1.[Cl-].[Cl-]. The van der Waals surface area contributed by atoms with Gasteiger partial charge in [0.2, 0.25) is 0 Å². The van der Waals surface area contributed by atoms with E-state index in [4.69, 9.17) is 0 Å². The Bertz CT molecular complexity index is 1300. The molecule has 0 aliphatic carbocycles. The number of fused-ring (bicyclic) bond motifs is 1. The second kappa shape index (κ2) is 16.8. The van der Waals surface area contributed by atoms with Crippen molar-refractivity contribution in [3.05, 3.63) is 108 Å². The van der Waals surface area contributed by atoms with E-state index in [9.17, 15) is 0 Å². The maximum Gasteiger partial charge on any atom is -0.0860 e. The van der Waals surface area contributed by atoms with Crippen LogP contribution in [0.25, 0.3) is 33.3 Å². The van der Waals surface area contributed by atoms with Gasteiger partial charge in [-0.2, -0.15) is 23.8 Å². The van der Waals surface area contributed by atoms with Crippen molar-refractivity contribution in [1.29, 1.82) is 0 Å². The molecule has 0 unspecified atom stereocenters. The van der Waals surface area contributed by atoms with Gasteiger partial charge in [0.25, 0.3) is 0 Å². The average Bonchev–Trinajstić information content (AvgIpc) is 3.48. The molecular weight excluding hydrogens is 579 g/mol. The summed E-state index contributed by atoms with van der Waals surface area (Å²) in [6.45, 7) is 8.92. The number of halogens is 2. The molecule has 0 spiro atoms. The van der Waals surface area contributed by atoms with Gasteiger partial charge in [-0.15, -0.1) is 28.5 Å². The first-order valence-corrected chi connectivity index (χ1v) is 17.9. The molecule has 2 aromatic heterocycles. The minimum absolute atomic E-state index is 0. The van der Waals surface area contributed by atoms with Crippen LogP contribution in [-0.4, -0.2) is 15.4 Å². The fraction of sp³-hybridized carbons (Fsp3) is 0.200. The van der Waals surface area contributed by atoms with Gasteiger partial charge in [0.15, 0.2) is 0 Å². The number of rotatable bonds is 4. The van der Waals surface area contributed by atoms with Crippen molar-refractivity contribution in [2.75, 3.05) is 0 Å². The predicted octanol–water partition coefficient (Wildman–Crippen LogP) is 2.14. The first-order chi connectivity index (χ1) is 16.5. The van der Waals surface area contributed by atoms with Gasteiger partial charge in [0.1, 0.15) is 0 Å². The van der Waals surface area contributed by atoms with Crippen molar-refractivity contribution in [1.82, 2.24) is 9.97 Å². The van der Waals surface area contributed by atoms with E-state index < -0.39 is 0 Å². The second-order valence-electron chi connectivity index (χ2n) is 8.53. The first kappa shape index (κ1) is 32.2. The molecule has 3 aromatic carbocycles. The van der Waals surface area contributed by atoms with Crippen molar-refractivity contribution in [2.45, 2.75) is 39.8 Å². The van der Waals surface area contributed by atoms with E-state index in [0.717, 1.165) is 29.8 Å². The van der Waals surface area contributed by atoms with Gasteiger partial charge in [0.05, 0.1) is 11.4 Å². The molecule has 186 valence electrons. The third kappa shape index (κ3) is 9.90. The summed E-state index contributed by atoms with van der Waals surface area (Å²) in [6, 6.07) is 29.4. The van der Waals surface area contributed by atoms with E-state index in [1.807, 2.05) is 48.8 Å². The second-order valence-corrected chi connectivity index (χ2v) is 17.9. The predicted molar refractivity (Wildman–Crippen MR) is 144 cm³/mol. The Kier molecular flexibility index (Phi) is 15.0. The normalized spacial score (nSPS) is 9.61. The number of aromatic nitrogens is 2. The topological polar surface area (TPSA) is 25.8 Å². The average molecular weight is 611 g/mol. The van der Waals surface area contributed by atoms with Gasteiger partial charge in [-0.05, 0) is 41.8 Å². The minimum Gasteiger partial charge on any atom is -1.00 e. The molecule has 0 N–H and O–H groups in total. The van der Waals surface area contributed by atoms with Crippen molar-refractivity contribution in [3.63, 3.8) is 0 Å². The van der Waals surface area contributed by atoms with E-state index in [0.29, 0.717) is 0 Å². The van der Waals surface area contributed by atoms with Crippen LogP contribution >= 0.6 is 0 Å². The van der Waals surface area contributed by atoms with Gasteiger partial charge < -0.3 is 24.8 Å². The van der Waals surface area contributed by atoms with Crippen LogP contribution in [0.1, 0.15) is 24.5 Å².